The first kappa shape index (κ1) is 15.1. The smallest absolute Gasteiger partial charge is 0.0492 e. The van der Waals surface area contributed by atoms with E-state index in [2.05, 4.69) is 68.4 Å². The van der Waals surface area contributed by atoms with E-state index >= 15 is 0 Å². The molecule has 0 aliphatic heterocycles. The van der Waals surface area contributed by atoms with E-state index in [0.717, 1.165) is 6.42 Å². The second kappa shape index (κ2) is 7.51. The van der Waals surface area contributed by atoms with Crippen LogP contribution in [0.5, 0.6) is 0 Å². The van der Waals surface area contributed by atoms with E-state index in [1.165, 1.54) is 11.1 Å². The lowest BCUT2D eigenvalue weighted by molar-refractivity contribution is 0.699. The van der Waals surface area contributed by atoms with Crippen molar-refractivity contribution in [3.05, 3.63) is 71.8 Å². The number of hydrogen-bond donors (Lipinski definition) is 1. The topological polar surface area (TPSA) is 26.0 Å². The molecule has 0 aliphatic carbocycles. The minimum absolute atomic E-state index is 0.0256. The van der Waals surface area contributed by atoms with E-state index < -0.39 is 0 Å². The summed E-state index contributed by atoms with van der Waals surface area (Å²) in [6.07, 6.45) is 1.16. The van der Waals surface area contributed by atoms with Gasteiger partial charge in [-0.05, 0) is 17.5 Å². The highest BCUT2D eigenvalue weighted by atomic mass is 32.2. The van der Waals surface area contributed by atoms with Gasteiger partial charge in [0, 0.05) is 16.5 Å². The fourth-order valence-corrected chi connectivity index (χ4v) is 3.54. The molecule has 0 heterocycles. The summed E-state index contributed by atoms with van der Waals surface area (Å²) in [5, 5.41) is 0.906. The molecule has 2 aromatic carbocycles. The molecule has 0 amide bonds. The molecule has 3 atom stereocenters. The Kier molecular flexibility index (Phi) is 5.69. The molecule has 2 heteroatoms. The maximum absolute atomic E-state index is 6.55. The first-order chi connectivity index (χ1) is 9.72. The maximum Gasteiger partial charge on any atom is 0.0492 e. The van der Waals surface area contributed by atoms with Crippen molar-refractivity contribution in [3.8, 4) is 0 Å². The predicted octanol–water partition coefficient (Wildman–Crippen LogP) is 4.96. The van der Waals surface area contributed by atoms with E-state index in [1.54, 1.807) is 0 Å². The van der Waals surface area contributed by atoms with Gasteiger partial charge in [0.15, 0.2) is 0 Å². The fraction of sp³-hybridized carbons (Fsp3) is 0.333. The van der Waals surface area contributed by atoms with Crippen molar-refractivity contribution in [1.82, 2.24) is 0 Å². The van der Waals surface area contributed by atoms with Crippen molar-refractivity contribution >= 4 is 11.8 Å². The lowest BCUT2D eigenvalue weighted by Gasteiger charge is -2.27. The lowest BCUT2D eigenvalue weighted by Crippen LogP contribution is -2.19. The zero-order chi connectivity index (χ0) is 14.4. The van der Waals surface area contributed by atoms with Crippen LogP contribution in [0.25, 0.3) is 0 Å². The van der Waals surface area contributed by atoms with E-state index in [-0.39, 0.29) is 6.04 Å². The number of benzene rings is 2. The monoisotopic (exact) mass is 285 g/mol. The van der Waals surface area contributed by atoms with Crippen LogP contribution in [0.15, 0.2) is 60.7 Å². The van der Waals surface area contributed by atoms with Crippen molar-refractivity contribution in [2.75, 3.05) is 0 Å². The summed E-state index contributed by atoms with van der Waals surface area (Å²) in [6, 6.07) is 21.0. The fourth-order valence-electron chi connectivity index (χ4n) is 2.21. The normalized spacial score (nSPS) is 15.6. The van der Waals surface area contributed by atoms with Gasteiger partial charge in [-0.25, -0.2) is 0 Å². The molecular formula is C18H23NS. The molecule has 2 aromatic rings. The summed E-state index contributed by atoms with van der Waals surface area (Å²) in [7, 11) is 0. The number of rotatable bonds is 6. The molecule has 0 fully saturated rings. The van der Waals surface area contributed by atoms with E-state index in [1.807, 2.05) is 17.8 Å². The second-order valence-electron chi connectivity index (χ2n) is 5.12. The third-order valence-electron chi connectivity index (χ3n) is 3.59. The molecule has 0 saturated carbocycles. The van der Waals surface area contributed by atoms with Crippen LogP contribution >= 0.6 is 11.8 Å². The third-order valence-corrected chi connectivity index (χ3v) is 5.25. The standard InChI is InChI=1S/C18H23NS/c1-3-14(2)20-18(16-12-8-5-9-13-16)17(19)15-10-6-4-7-11-15/h4-14,17-18H,3,19H2,1-2H3. The number of hydrogen-bond acceptors (Lipinski definition) is 2. The van der Waals surface area contributed by atoms with Gasteiger partial charge >= 0.3 is 0 Å². The summed E-state index contributed by atoms with van der Waals surface area (Å²) in [4.78, 5) is 0. The third kappa shape index (κ3) is 3.87. The first-order valence-corrected chi connectivity index (χ1v) is 8.17. The predicted molar refractivity (Wildman–Crippen MR) is 89.9 cm³/mol. The van der Waals surface area contributed by atoms with E-state index in [4.69, 9.17) is 5.73 Å². The van der Waals surface area contributed by atoms with Crippen LogP contribution in [0.1, 0.15) is 42.7 Å². The zero-order valence-electron chi connectivity index (χ0n) is 12.2. The Morgan fingerprint density at radius 3 is 1.90 bits per heavy atom. The van der Waals surface area contributed by atoms with Gasteiger partial charge in [-0.3, -0.25) is 0 Å². The van der Waals surface area contributed by atoms with Gasteiger partial charge in [0.25, 0.3) is 0 Å². The van der Waals surface area contributed by atoms with Crippen molar-refractivity contribution in [3.63, 3.8) is 0 Å². The van der Waals surface area contributed by atoms with Gasteiger partial charge in [0.05, 0.1) is 0 Å². The molecule has 3 unspecified atom stereocenters. The largest absolute Gasteiger partial charge is 0.323 e. The van der Waals surface area contributed by atoms with Gasteiger partial charge in [-0.2, -0.15) is 0 Å². The Morgan fingerprint density at radius 2 is 1.40 bits per heavy atom. The number of nitrogens with two attached hydrogens (primary N) is 1. The summed E-state index contributed by atoms with van der Waals surface area (Å²) in [6.45, 7) is 4.51. The number of thioether (sulfide) groups is 1. The highest BCUT2D eigenvalue weighted by molar-refractivity contribution is 8.00. The minimum atomic E-state index is 0.0256. The summed E-state index contributed by atoms with van der Waals surface area (Å²) in [5.74, 6) is 0. The molecule has 0 spiro atoms. The van der Waals surface area contributed by atoms with Crippen LogP contribution in [-0.2, 0) is 0 Å². The highest BCUT2D eigenvalue weighted by Crippen LogP contribution is 2.41. The Labute approximate surface area is 126 Å². The van der Waals surface area contributed by atoms with Crippen LogP contribution in [0.2, 0.25) is 0 Å². The highest BCUT2D eigenvalue weighted by Gasteiger charge is 2.23. The van der Waals surface area contributed by atoms with Gasteiger partial charge in [-0.1, -0.05) is 74.5 Å². The SMILES string of the molecule is CCC(C)SC(c1ccccc1)C(N)c1ccccc1. The van der Waals surface area contributed by atoms with Gasteiger partial charge in [0.2, 0.25) is 0 Å². The summed E-state index contributed by atoms with van der Waals surface area (Å²) >= 11 is 1.98. The van der Waals surface area contributed by atoms with Crippen LogP contribution in [0, 0.1) is 0 Å². The van der Waals surface area contributed by atoms with E-state index in [9.17, 15) is 0 Å². The summed E-state index contributed by atoms with van der Waals surface area (Å²) in [5.41, 5.74) is 9.07. The van der Waals surface area contributed by atoms with Crippen LogP contribution in [0.3, 0.4) is 0 Å². The molecule has 106 valence electrons. The second-order valence-corrected chi connectivity index (χ2v) is 6.71. The quantitative estimate of drug-likeness (QED) is 0.812. The molecule has 0 aromatic heterocycles. The maximum atomic E-state index is 6.55. The van der Waals surface area contributed by atoms with Gasteiger partial charge in [0.1, 0.15) is 0 Å². The minimum Gasteiger partial charge on any atom is -0.323 e. The molecule has 20 heavy (non-hydrogen) atoms. The first-order valence-electron chi connectivity index (χ1n) is 7.23. The average Bonchev–Trinajstić information content (AvgIpc) is 2.53. The molecule has 1 nitrogen and oxygen atoms in total. The van der Waals surface area contributed by atoms with Gasteiger partial charge < -0.3 is 5.73 Å². The van der Waals surface area contributed by atoms with Crippen molar-refractivity contribution in [2.45, 2.75) is 36.8 Å². The lowest BCUT2D eigenvalue weighted by atomic mass is 9.99. The summed E-state index contributed by atoms with van der Waals surface area (Å²) < 4.78 is 0. The van der Waals surface area contributed by atoms with E-state index in [0.29, 0.717) is 10.5 Å². The zero-order valence-corrected chi connectivity index (χ0v) is 13.0. The molecule has 2 N–H and O–H groups in total. The Bertz CT molecular complexity index is 497. The Hall–Kier alpha value is -1.25. The van der Waals surface area contributed by atoms with Crippen molar-refractivity contribution in [2.24, 2.45) is 5.73 Å². The van der Waals surface area contributed by atoms with Crippen molar-refractivity contribution in [1.29, 1.82) is 0 Å². The molecule has 0 radical (unpaired) electrons. The van der Waals surface area contributed by atoms with Crippen LogP contribution in [0.4, 0.5) is 0 Å². The van der Waals surface area contributed by atoms with Gasteiger partial charge in [-0.15, -0.1) is 11.8 Å². The average molecular weight is 285 g/mol. The molecule has 0 bridgehead atoms. The van der Waals surface area contributed by atoms with Crippen LogP contribution < -0.4 is 5.73 Å². The Morgan fingerprint density at radius 1 is 0.900 bits per heavy atom. The Balaban J connectivity index is 2.27. The molecule has 0 saturated heterocycles. The molecular weight excluding hydrogens is 262 g/mol. The molecule has 2 rings (SSSR count). The molecule has 0 aliphatic rings. The van der Waals surface area contributed by atoms with Crippen LogP contribution in [-0.4, -0.2) is 5.25 Å². The van der Waals surface area contributed by atoms with Crippen molar-refractivity contribution < 1.29 is 0 Å².